The van der Waals surface area contributed by atoms with Crippen molar-refractivity contribution in [1.82, 2.24) is 0 Å². The van der Waals surface area contributed by atoms with Crippen LogP contribution in [0.2, 0.25) is 0 Å². The average Bonchev–Trinajstić information content (AvgIpc) is 2.92. The van der Waals surface area contributed by atoms with Crippen LogP contribution < -0.4 is 21.2 Å². The predicted molar refractivity (Wildman–Crippen MR) is 155 cm³/mol. The number of hydrogen-bond acceptors (Lipinski definition) is 2. The number of aliphatic imine (C=N–C) groups is 2. The monoisotopic (exact) mass is 480 g/mol. The Morgan fingerprint density at radius 2 is 0.676 bits per heavy atom. The molecule has 0 amide bonds. The summed E-state index contributed by atoms with van der Waals surface area (Å²) in [7, 11) is -0.848. The molecule has 34 heavy (non-hydrogen) atoms. The second-order valence-electron chi connectivity index (χ2n) is 7.74. The maximum Gasteiger partial charge on any atom is 0.0581 e. The van der Waals surface area contributed by atoms with E-state index in [1.165, 1.54) is 21.2 Å². The lowest BCUT2D eigenvalue weighted by Crippen LogP contribution is -2.14. The van der Waals surface area contributed by atoms with Crippen LogP contribution in [0, 0.1) is 0 Å². The highest BCUT2D eigenvalue weighted by atomic mass is 31.1. The fourth-order valence-corrected chi connectivity index (χ4v) is 7.85. The van der Waals surface area contributed by atoms with Crippen molar-refractivity contribution in [2.24, 2.45) is 9.98 Å². The summed E-state index contributed by atoms with van der Waals surface area (Å²) in [6.45, 7) is 1.47. The van der Waals surface area contributed by atoms with Gasteiger partial charge in [0.15, 0.2) is 0 Å². The Morgan fingerprint density at radius 1 is 0.412 bits per heavy atom. The third-order valence-corrected chi connectivity index (χ3v) is 10.2. The van der Waals surface area contributed by atoms with Gasteiger partial charge in [-0.25, -0.2) is 0 Å². The summed E-state index contributed by atoms with van der Waals surface area (Å²) in [5.74, 6) is 0. The van der Waals surface area contributed by atoms with Crippen LogP contribution >= 0.6 is 15.8 Å². The van der Waals surface area contributed by atoms with Crippen molar-refractivity contribution < 1.29 is 0 Å². The molecule has 0 aliphatic heterocycles. The average molecular weight is 481 g/mol. The Balaban J connectivity index is 1.30. The molecule has 0 radical (unpaired) electrons. The Kier molecular flexibility index (Phi) is 9.76. The Morgan fingerprint density at radius 3 is 0.941 bits per heavy atom. The molecule has 4 heteroatoms. The fraction of sp³-hybridized carbons (Fsp3) is 0.133. The van der Waals surface area contributed by atoms with E-state index < -0.39 is 15.8 Å². The molecule has 0 bridgehead atoms. The molecular formula is C30H30N2P2. The zero-order valence-electron chi connectivity index (χ0n) is 19.3. The van der Waals surface area contributed by atoms with Gasteiger partial charge < -0.3 is 0 Å². The second kappa shape index (κ2) is 13.7. The molecule has 0 saturated carbocycles. The predicted octanol–water partition coefficient (Wildman–Crippen LogP) is 5.39. The highest BCUT2D eigenvalue weighted by Gasteiger charge is 2.12. The van der Waals surface area contributed by atoms with Gasteiger partial charge in [-0.15, -0.1) is 0 Å². The second-order valence-corrected chi connectivity index (χ2v) is 12.2. The molecule has 4 rings (SSSR count). The maximum atomic E-state index is 4.68. The van der Waals surface area contributed by atoms with Gasteiger partial charge in [0.05, 0.1) is 13.1 Å². The molecule has 4 aromatic rings. The molecule has 170 valence electrons. The molecule has 0 atom stereocenters. The first kappa shape index (κ1) is 24.2. The van der Waals surface area contributed by atoms with Crippen molar-refractivity contribution in [3.05, 3.63) is 121 Å². The van der Waals surface area contributed by atoms with Crippen molar-refractivity contribution in [3.63, 3.8) is 0 Å². The highest BCUT2D eigenvalue weighted by Crippen LogP contribution is 2.33. The lowest BCUT2D eigenvalue weighted by atomic mass is 10.4. The third-order valence-electron chi connectivity index (χ3n) is 5.42. The van der Waals surface area contributed by atoms with Crippen molar-refractivity contribution in [2.75, 3.05) is 25.4 Å². The van der Waals surface area contributed by atoms with Crippen LogP contribution in [0.25, 0.3) is 0 Å². The number of nitrogens with zero attached hydrogens (tertiary/aromatic N) is 2. The van der Waals surface area contributed by atoms with Gasteiger partial charge in [-0.2, -0.15) is 0 Å². The van der Waals surface area contributed by atoms with Gasteiger partial charge in [0.1, 0.15) is 0 Å². The molecule has 0 N–H and O–H groups in total. The van der Waals surface area contributed by atoms with E-state index in [0.717, 1.165) is 25.4 Å². The normalized spacial score (nSPS) is 11.7. The van der Waals surface area contributed by atoms with Crippen LogP contribution in [0.4, 0.5) is 0 Å². The molecule has 0 unspecified atom stereocenters. The minimum atomic E-state index is -0.424. The van der Waals surface area contributed by atoms with E-state index in [4.69, 9.17) is 0 Å². The standard InChI is InChI=1S/C30H30N2P2/c1-5-13-27(14-6-1)33(28-15-7-2-8-16-28)25-23-31-21-22-32-24-26-34(29-17-9-3-10-18-29)30-19-11-4-12-20-30/h1-20,23-24H,21-22,25-26H2/b31-23+,32-24+. The Bertz CT molecular complexity index is 974. The molecule has 0 saturated heterocycles. The first-order chi connectivity index (χ1) is 16.9. The van der Waals surface area contributed by atoms with E-state index in [-0.39, 0.29) is 0 Å². The smallest absolute Gasteiger partial charge is 0.0581 e. The van der Waals surface area contributed by atoms with Gasteiger partial charge in [-0.3, -0.25) is 9.98 Å². The maximum absolute atomic E-state index is 4.68. The van der Waals surface area contributed by atoms with E-state index in [9.17, 15) is 0 Å². The number of hydrogen-bond donors (Lipinski definition) is 0. The molecule has 4 aromatic carbocycles. The van der Waals surface area contributed by atoms with Gasteiger partial charge in [0, 0.05) is 24.8 Å². The number of rotatable bonds is 11. The summed E-state index contributed by atoms with van der Waals surface area (Å²) in [4.78, 5) is 9.36. The van der Waals surface area contributed by atoms with E-state index in [1.807, 2.05) is 0 Å². The SMILES string of the molecule is C(/CP(c1ccccc1)c1ccccc1)=N\CC/N=C/CP(c1ccccc1)c1ccccc1. The number of benzene rings is 4. The molecule has 0 aliphatic carbocycles. The van der Waals surface area contributed by atoms with E-state index >= 15 is 0 Å². The van der Waals surface area contributed by atoms with Crippen LogP contribution in [-0.4, -0.2) is 37.8 Å². The third kappa shape index (κ3) is 7.29. The topological polar surface area (TPSA) is 24.7 Å². The van der Waals surface area contributed by atoms with E-state index in [1.54, 1.807) is 0 Å². The highest BCUT2D eigenvalue weighted by molar-refractivity contribution is 7.74. The van der Waals surface area contributed by atoms with Gasteiger partial charge in [0.25, 0.3) is 0 Å². The van der Waals surface area contributed by atoms with E-state index in [2.05, 4.69) is 144 Å². The lowest BCUT2D eigenvalue weighted by molar-refractivity contribution is 0.983. The van der Waals surface area contributed by atoms with Crippen molar-refractivity contribution in [3.8, 4) is 0 Å². The minimum absolute atomic E-state index is 0.424. The summed E-state index contributed by atoms with van der Waals surface area (Å²) in [5.41, 5.74) is 0. The minimum Gasteiger partial charge on any atom is -0.295 e. The zero-order chi connectivity index (χ0) is 23.3. The fourth-order valence-electron chi connectivity index (χ4n) is 3.73. The van der Waals surface area contributed by atoms with Crippen LogP contribution in [-0.2, 0) is 0 Å². The quantitative estimate of drug-likeness (QED) is 0.156. The Hall–Kier alpha value is -2.92. The summed E-state index contributed by atoms with van der Waals surface area (Å²) < 4.78 is 0. The largest absolute Gasteiger partial charge is 0.295 e. The summed E-state index contributed by atoms with van der Waals surface area (Å²) in [6, 6.07) is 43.2. The van der Waals surface area contributed by atoms with Gasteiger partial charge >= 0.3 is 0 Å². The van der Waals surface area contributed by atoms with Crippen LogP contribution in [0.1, 0.15) is 0 Å². The van der Waals surface area contributed by atoms with Gasteiger partial charge in [0.2, 0.25) is 0 Å². The summed E-state index contributed by atoms with van der Waals surface area (Å²) in [6.07, 6.45) is 6.12. The molecule has 0 spiro atoms. The Labute approximate surface area is 206 Å². The van der Waals surface area contributed by atoms with Crippen molar-refractivity contribution >= 4 is 49.5 Å². The molecule has 0 aliphatic rings. The van der Waals surface area contributed by atoms with Crippen molar-refractivity contribution in [2.45, 2.75) is 0 Å². The molecule has 0 aromatic heterocycles. The zero-order valence-corrected chi connectivity index (χ0v) is 21.1. The summed E-state index contributed by atoms with van der Waals surface area (Å²) >= 11 is 0. The first-order valence-corrected chi connectivity index (χ1v) is 14.7. The molecule has 0 heterocycles. The molecule has 0 fully saturated rings. The molecular weight excluding hydrogens is 450 g/mol. The van der Waals surface area contributed by atoms with Crippen LogP contribution in [0.3, 0.4) is 0 Å². The van der Waals surface area contributed by atoms with Crippen molar-refractivity contribution in [1.29, 1.82) is 0 Å². The van der Waals surface area contributed by atoms with E-state index in [0.29, 0.717) is 0 Å². The molecule has 2 nitrogen and oxygen atoms in total. The summed E-state index contributed by atoms with van der Waals surface area (Å²) in [5, 5.41) is 5.57. The van der Waals surface area contributed by atoms with Gasteiger partial charge in [-0.05, 0) is 37.1 Å². The first-order valence-electron chi connectivity index (χ1n) is 11.6. The van der Waals surface area contributed by atoms with Gasteiger partial charge in [-0.1, -0.05) is 121 Å². The lowest BCUT2D eigenvalue weighted by Gasteiger charge is -2.16. The van der Waals surface area contributed by atoms with Crippen LogP contribution in [0.15, 0.2) is 131 Å². The van der Waals surface area contributed by atoms with Crippen LogP contribution in [0.5, 0.6) is 0 Å².